The minimum absolute atomic E-state index is 0.159. The Balaban J connectivity index is 0.000000165. The van der Waals surface area contributed by atoms with Gasteiger partial charge in [0.2, 0.25) is 6.79 Å². The lowest BCUT2D eigenvalue weighted by Crippen LogP contribution is -2.14. The molecule has 54 N–H and O–H groups in total. The molecule has 744 valence electrons. The number of rotatable bonds is 22. The number of anilines is 27. The molecule has 0 saturated heterocycles. The highest BCUT2D eigenvalue weighted by atomic mass is 16.7. The Morgan fingerprint density at radius 2 is 0.331 bits per heavy atom. The van der Waals surface area contributed by atoms with Gasteiger partial charge >= 0.3 is 11.9 Å². The second kappa shape index (κ2) is 48.7. The summed E-state index contributed by atoms with van der Waals surface area (Å²) in [7, 11) is 0. The minimum Gasteiger partial charge on any atom is -0.457 e. The summed E-state index contributed by atoms with van der Waals surface area (Å²) < 4.78 is 61.7. The van der Waals surface area contributed by atoms with Gasteiger partial charge < -0.3 is 207 Å². The highest BCUT2D eigenvalue weighted by molar-refractivity contribution is 5.93. The number of hydrogen-bond donors (Lipinski definition) is 27. The molecule has 0 aliphatic heterocycles. The molecule has 0 fully saturated rings. The number of nitrogen functional groups attached to an aromatic ring is 27. The number of hydrogen-bond acceptors (Lipinski definition) is 41. The van der Waals surface area contributed by atoms with Gasteiger partial charge in [-0.1, -0.05) is 0 Å². The zero-order valence-electron chi connectivity index (χ0n) is 77.7. The smallest absolute Gasteiger partial charge is 0.341 e. The van der Waals surface area contributed by atoms with Crippen LogP contribution in [0.2, 0.25) is 0 Å². The van der Waals surface area contributed by atoms with Crippen molar-refractivity contribution in [2.75, 3.05) is 162 Å². The van der Waals surface area contributed by atoms with Gasteiger partial charge in [0.15, 0.2) is 11.5 Å². The summed E-state index contributed by atoms with van der Waals surface area (Å²) in [5.74, 6) is 9.15. The molecule has 1 aromatic heterocycles. The maximum atomic E-state index is 11.8. The zero-order valence-corrected chi connectivity index (χ0v) is 77.7. The maximum Gasteiger partial charge on any atom is 0.341 e. The van der Waals surface area contributed by atoms with Crippen molar-refractivity contribution in [3.05, 3.63) is 339 Å². The van der Waals surface area contributed by atoms with Gasteiger partial charge in [0.25, 0.3) is 0 Å². The SMILES string of the molecule is Nc1cc(N)cc(C(=O)OCOC(=O)c2cc(N)cc(N)c2)c1.Nc1cc(N)cc(Oc2ccc(Oc3cc(N)cc(N)c3)cc2)c1.Nc1cc(N)nc(N)c1.Nc1ccc(Oc2cc(Oc3ccc(N)cc3N)cc(Oc3ccc(N)cc3N)c2)c(N)c1.Nc1ccc(Oc2ccc(N)cc2N)c(N)c1.Nc1ccc(Oc2ccc(N)cc2N)cc1.Nc1ccc(Oc2ccc(Oc3cc(N)cc(N)c3)cc2)cc1. The van der Waals surface area contributed by atoms with Gasteiger partial charge in [0.1, 0.15) is 104 Å². The van der Waals surface area contributed by atoms with Crippen LogP contribution in [0.15, 0.2) is 328 Å². The second-order valence-electron chi connectivity index (χ2n) is 31.4. The molecule has 17 aromatic rings. The van der Waals surface area contributed by atoms with Crippen molar-refractivity contribution >= 4 is 166 Å². The van der Waals surface area contributed by atoms with E-state index in [-0.39, 0.29) is 11.1 Å². The van der Waals surface area contributed by atoms with Gasteiger partial charge in [0.05, 0.1) is 45.3 Å². The molecule has 16 aromatic carbocycles. The number of ether oxygens (including phenoxy) is 11. The Bertz CT molecular complexity index is 6860. The number of esters is 2. The van der Waals surface area contributed by atoms with Gasteiger partial charge in [-0.3, -0.25) is 0 Å². The Labute approximate surface area is 831 Å². The molecule has 0 saturated carbocycles. The molecule has 0 atom stereocenters. The van der Waals surface area contributed by atoms with E-state index >= 15 is 0 Å². The first-order valence-corrected chi connectivity index (χ1v) is 43.1. The summed E-state index contributed by atoms with van der Waals surface area (Å²) in [6.45, 7) is -0.568. The van der Waals surface area contributed by atoms with Crippen LogP contribution < -0.4 is 197 Å². The molecule has 0 bridgehead atoms. The quantitative estimate of drug-likeness (QED) is 0.0170. The third-order valence-corrected chi connectivity index (χ3v) is 19.1. The Hall–Kier alpha value is -21.6. The van der Waals surface area contributed by atoms with Crippen molar-refractivity contribution in [2.45, 2.75) is 0 Å². The molecule has 1 heterocycles. The van der Waals surface area contributed by atoms with Gasteiger partial charge in [-0.05, 0) is 261 Å². The first kappa shape index (κ1) is 104. The minimum atomic E-state index is -0.719. The van der Waals surface area contributed by atoms with E-state index in [1.165, 1.54) is 36.4 Å². The summed E-state index contributed by atoms with van der Waals surface area (Å²) >= 11 is 0. The fourth-order valence-corrected chi connectivity index (χ4v) is 12.7. The molecule has 0 amide bonds. The van der Waals surface area contributed by atoms with Crippen LogP contribution >= 0.6 is 0 Å². The molecule has 0 radical (unpaired) electrons. The number of nitrogens with two attached hydrogens (primary N) is 27. The van der Waals surface area contributed by atoms with Crippen molar-refractivity contribution in [3.63, 3.8) is 0 Å². The van der Waals surface area contributed by atoms with Gasteiger partial charge in [0, 0.05) is 175 Å². The van der Waals surface area contributed by atoms with E-state index in [9.17, 15) is 9.59 Å². The predicted octanol–water partition coefficient (Wildman–Crippen LogP) is 17.0. The van der Waals surface area contributed by atoms with Crippen molar-refractivity contribution in [1.82, 2.24) is 4.98 Å². The second-order valence-corrected chi connectivity index (χ2v) is 31.4. The van der Waals surface area contributed by atoms with Crippen LogP contribution in [0, 0.1) is 0 Å². The van der Waals surface area contributed by atoms with E-state index in [0.717, 1.165) is 5.75 Å². The zero-order chi connectivity index (χ0) is 105. The summed E-state index contributed by atoms with van der Waals surface area (Å²) in [6.07, 6.45) is 0. The van der Waals surface area contributed by atoms with E-state index in [2.05, 4.69) is 4.98 Å². The number of nitrogens with zero attached hydrogens (tertiary/aromatic N) is 1. The Morgan fingerprint density at radius 1 is 0.159 bits per heavy atom. The molecule has 41 nitrogen and oxygen atoms in total. The normalized spacial score (nSPS) is 10.2. The van der Waals surface area contributed by atoms with Crippen molar-refractivity contribution < 1.29 is 61.7 Å². The van der Waals surface area contributed by atoms with E-state index < -0.39 is 18.7 Å². The summed E-state index contributed by atoms with van der Waals surface area (Å²) in [5.41, 5.74) is 166. The molecular weight excluding hydrogens is 1850 g/mol. The lowest BCUT2D eigenvalue weighted by atomic mass is 10.2. The Kier molecular flexibility index (Phi) is 34.9. The fourth-order valence-electron chi connectivity index (χ4n) is 12.7. The van der Waals surface area contributed by atoms with Gasteiger partial charge in [-0.25, -0.2) is 14.6 Å². The molecule has 41 heteroatoms. The summed E-state index contributed by atoms with van der Waals surface area (Å²) in [6, 6.07) is 90.8. The van der Waals surface area contributed by atoms with Crippen LogP contribution in [0.25, 0.3) is 0 Å². The van der Waals surface area contributed by atoms with Crippen LogP contribution in [0.1, 0.15) is 20.7 Å². The predicted molar refractivity (Wildman–Crippen MR) is 583 cm³/mol. The molecular formula is C104H110N28O13. The van der Waals surface area contributed by atoms with Crippen molar-refractivity contribution in [2.24, 2.45) is 0 Å². The third kappa shape index (κ3) is 33.4. The summed E-state index contributed by atoms with van der Waals surface area (Å²) in [5, 5.41) is 0. The molecule has 17 rings (SSSR count). The third-order valence-electron chi connectivity index (χ3n) is 19.1. The van der Waals surface area contributed by atoms with Crippen LogP contribution in [0.3, 0.4) is 0 Å². The van der Waals surface area contributed by atoms with Crippen molar-refractivity contribution in [1.29, 1.82) is 0 Å². The topological polar surface area (TPSA) is 851 Å². The average Bonchev–Trinajstić information content (AvgIpc) is 0.817. The van der Waals surface area contributed by atoms with Crippen molar-refractivity contribution in [3.8, 4) is 103 Å². The van der Waals surface area contributed by atoms with E-state index in [1.54, 1.807) is 255 Å². The highest BCUT2D eigenvalue weighted by Crippen LogP contribution is 2.42. The molecule has 0 spiro atoms. The number of pyridine rings is 1. The van der Waals surface area contributed by atoms with E-state index in [1.807, 2.05) is 36.4 Å². The van der Waals surface area contributed by atoms with Crippen LogP contribution in [-0.2, 0) is 9.47 Å². The fraction of sp³-hybridized carbons (Fsp3) is 0.00962. The highest BCUT2D eigenvalue weighted by Gasteiger charge is 2.18. The van der Waals surface area contributed by atoms with E-state index in [0.29, 0.717) is 252 Å². The average molecular weight is 1960 g/mol. The largest absolute Gasteiger partial charge is 0.457 e. The lowest BCUT2D eigenvalue weighted by molar-refractivity contribution is -0.0167. The summed E-state index contributed by atoms with van der Waals surface area (Å²) in [4.78, 5) is 27.3. The number of carbonyl (C=O) groups excluding carboxylic acids is 2. The lowest BCUT2D eigenvalue weighted by Gasteiger charge is -2.15. The molecule has 0 aliphatic carbocycles. The van der Waals surface area contributed by atoms with Crippen LogP contribution in [0.4, 0.5) is 154 Å². The number of aromatic nitrogens is 1. The standard InChI is InChI=1S/C24H24N6O3.C18H18N4O2.C18H17N3O2.C15H16N4O4.C12H14N4O.C12H13N3O.C5H8N4/c25-13-1-4-22(19(28)7-13)31-16-10-17(32-23-5-2-14(26)8-20(23)29)12-18(11-16)33-24-6-3-15(27)9-21(24)30;19-11-5-12(20)8-17(7-11)23-15-1-2-16(4-3-15)24-18-9-13(21)6-14(22)10-18;19-12-1-3-15(4-2-12)22-16-5-7-17(8-6-16)23-18-10-13(20)9-14(21)11-18;16-10-1-8(2-11(17)5-10)14(20)22-7-23-15(21)9-3-12(18)6-13(19)4-9;13-7-1-3-11(9(15)5-7)17-12-4-2-8(14)6-10(12)16;13-8-1-4-10(5-2-8)16-12-6-3-9(14)7-11(12)15;6-3-1-4(7)9-5(8)2-3/h1-12H,25-30H2;1-10H,19-22H2;1-11H,19-21H2;1-6H,7,16-19H2;1-6H,13-16H2;1-7H,13-15H2;1-2H,(H6,6,7,8,9). The van der Waals surface area contributed by atoms with Crippen LogP contribution in [0.5, 0.6) is 103 Å². The maximum absolute atomic E-state index is 11.8. The van der Waals surface area contributed by atoms with Crippen LogP contribution in [-0.4, -0.2) is 23.7 Å². The molecule has 0 unspecified atom stereocenters. The van der Waals surface area contributed by atoms with E-state index in [4.69, 9.17) is 207 Å². The number of benzene rings is 16. The number of carbonyl (C=O) groups is 2. The van der Waals surface area contributed by atoms with Gasteiger partial charge in [-0.15, -0.1) is 0 Å². The Morgan fingerprint density at radius 3 is 0.552 bits per heavy atom. The first-order chi connectivity index (χ1) is 69.1. The monoisotopic (exact) mass is 1960 g/mol. The molecule has 145 heavy (non-hydrogen) atoms. The molecule has 0 aliphatic rings. The van der Waals surface area contributed by atoms with Gasteiger partial charge in [-0.2, -0.15) is 0 Å². The first-order valence-electron chi connectivity index (χ1n) is 43.1.